The van der Waals surface area contributed by atoms with Crippen LogP contribution in [0.5, 0.6) is 0 Å². The maximum absolute atomic E-state index is 11.8. The molecule has 3 amide bonds. The van der Waals surface area contributed by atoms with E-state index in [0.29, 0.717) is 15.2 Å². The second-order valence-corrected chi connectivity index (χ2v) is 7.19. The van der Waals surface area contributed by atoms with Crippen molar-refractivity contribution in [1.29, 1.82) is 0 Å². The third kappa shape index (κ3) is 5.50. The summed E-state index contributed by atoms with van der Waals surface area (Å²) in [6.45, 7) is 6.69. The van der Waals surface area contributed by atoms with E-state index in [1.165, 1.54) is 23.1 Å². The first-order valence-electron chi connectivity index (χ1n) is 7.36. The van der Waals surface area contributed by atoms with Crippen molar-refractivity contribution in [2.45, 2.75) is 25.1 Å². The first kappa shape index (κ1) is 18.2. The van der Waals surface area contributed by atoms with Crippen LogP contribution >= 0.6 is 23.1 Å². The largest absolute Gasteiger partial charge is 0.360 e. The van der Waals surface area contributed by atoms with Gasteiger partial charge in [0.25, 0.3) is 0 Å². The van der Waals surface area contributed by atoms with Gasteiger partial charge in [-0.2, -0.15) is 0 Å². The van der Waals surface area contributed by atoms with E-state index in [1.807, 2.05) is 32.9 Å². The lowest BCUT2D eigenvalue weighted by Gasteiger charge is -2.08. The number of aryl methyl sites for hydroxylation is 2. The van der Waals surface area contributed by atoms with E-state index >= 15 is 0 Å². The quantitative estimate of drug-likeness (QED) is 0.681. The van der Waals surface area contributed by atoms with E-state index in [0.717, 1.165) is 17.7 Å². The molecule has 0 saturated carbocycles. The van der Waals surface area contributed by atoms with Gasteiger partial charge in [0.1, 0.15) is 0 Å². The van der Waals surface area contributed by atoms with Crippen molar-refractivity contribution in [3.05, 3.63) is 29.3 Å². The Morgan fingerprint density at radius 1 is 1.21 bits per heavy atom. The maximum atomic E-state index is 11.8. The maximum Gasteiger partial charge on any atom is 0.325 e. The third-order valence-corrected chi connectivity index (χ3v) is 5.09. The van der Waals surface area contributed by atoms with E-state index < -0.39 is 6.03 Å². The summed E-state index contributed by atoms with van der Waals surface area (Å²) >= 11 is 2.61. The van der Waals surface area contributed by atoms with Crippen molar-refractivity contribution >= 4 is 45.9 Å². The average molecular weight is 365 g/mol. The average Bonchev–Trinajstić information content (AvgIpc) is 2.97. The Morgan fingerprint density at radius 2 is 2.00 bits per heavy atom. The molecule has 1 aromatic carbocycles. The molecule has 1 aromatic heterocycles. The number of carbonyl (C=O) groups excluding carboxylic acids is 2. The van der Waals surface area contributed by atoms with E-state index in [9.17, 15) is 9.59 Å². The molecule has 0 atom stereocenters. The Hall–Kier alpha value is -2.13. The van der Waals surface area contributed by atoms with Gasteiger partial charge in [-0.05, 0) is 44.0 Å². The number of nitrogens with one attached hydrogen (secondary N) is 3. The predicted molar refractivity (Wildman–Crippen MR) is 97.9 cm³/mol. The highest BCUT2D eigenvalue weighted by atomic mass is 32.2. The fraction of sp³-hybridized carbons (Fsp3) is 0.333. The van der Waals surface area contributed by atoms with Gasteiger partial charge < -0.3 is 10.6 Å². The Bertz CT molecular complexity index is 732. The Morgan fingerprint density at radius 3 is 2.71 bits per heavy atom. The molecule has 2 aromatic rings. The van der Waals surface area contributed by atoms with Crippen LogP contribution in [0.1, 0.15) is 18.1 Å². The first-order valence-corrected chi connectivity index (χ1v) is 9.16. The summed E-state index contributed by atoms with van der Waals surface area (Å²) < 4.78 is 0.677. The van der Waals surface area contributed by atoms with Gasteiger partial charge in [0.05, 0.1) is 5.75 Å². The number of amides is 3. The predicted octanol–water partition coefficient (Wildman–Crippen LogP) is 3.03. The van der Waals surface area contributed by atoms with Crippen LogP contribution in [0.25, 0.3) is 0 Å². The molecular weight excluding hydrogens is 346 g/mol. The Balaban J connectivity index is 1.78. The Labute approximate surface area is 148 Å². The molecule has 24 heavy (non-hydrogen) atoms. The fourth-order valence-corrected chi connectivity index (χ4v) is 3.38. The van der Waals surface area contributed by atoms with Gasteiger partial charge in [-0.25, -0.2) is 4.79 Å². The molecule has 0 fully saturated rings. The smallest absolute Gasteiger partial charge is 0.325 e. The molecule has 9 heteroatoms. The molecule has 0 radical (unpaired) electrons. The molecule has 0 spiro atoms. The van der Waals surface area contributed by atoms with Gasteiger partial charge >= 0.3 is 6.03 Å². The topological polar surface area (TPSA) is 96.0 Å². The number of carbonyl (C=O) groups is 2. The highest BCUT2D eigenvalue weighted by molar-refractivity contribution is 8.01. The molecule has 0 aliphatic rings. The Kier molecular flexibility index (Phi) is 6.56. The van der Waals surface area contributed by atoms with Gasteiger partial charge in [-0.3, -0.25) is 10.1 Å². The van der Waals surface area contributed by atoms with Crippen molar-refractivity contribution in [1.82, 2.24) is 15.5 Å². The molecule has 0 aliphatic carbocycles. The van der Waals surface area contributed by atoms with Crippen molar-refractivity contribution in [2.75, 3.05) is 22.9 Å². The van der Waals surface area contributed by atoms with Crippen LogP contribution < -0.4 is 16.0 Å². The number of hydrogen-bond acceptors (Lipinski definition) is 7. The first-order chi connectivity index (χ1) is 11.5. The normalized spacial score (nSPS) is 10.3. The summed E-state index contributed by atoms with van der Waals surface area (Å²) in [6.07, 6.45) is 0. The van der Waals surface area contributed by atoms with Gasteiger partial charge in [0.2, 0.25) is 11.0 Å². The van der Waals surface area contributed by atoms with Crippen molar-refractivity contribution in [3.63, 3.8) is 0 Å². The van der Waals surface area contributed by atoms with Crippen LogP contribution in [0.4, 0.5) is 15.6 Å². The highest BCUT2D eigenvalue weighted by Gasteiger charge is 2.11. The van der Waals surface area contributed by atoms with Gasteiger partial charge in [-0.15, -0.1) is 10.2 Å². The molecule has 0 aliphatic heterocycles. The summed E-state index contributed by atoms with van der Waals surface area (Å²) in [5.41, 5.74) is 2.86. The van der Waals surface area contributed by atoms with Gasteiger partial charge in [-0.1, -0.05) is 29.2 Å². The lowest BCUT2D eigenvalue weighted by molar-refractivity contribution is -0.117. The molecule has 3 N–H and O–H groups in total. The summed E-state index contributed by atoms with van der Waals surface area (Å²) in [7, 11) is 0. The van der Waals surface area contributed by atoms with Crippen LogP contribution in [-0.4, -0.2) is 34.4 Å². The molecular formula is C15H19N5O2S2. The van der Waals surface area contributed by atoms with Crippen LogP contribution in [0.15, 0.2) is 22.5 Å². The molecule has 7 nitrogen and oxygen atoms in total. The molecule has 128 valence electrons. The number of imide groups is 1. The number of urea groups is 1. The van der Waals surface area contributed by atoms with E-state index in [1.54, 1.807) is 6.07 Å². The van der Waals surface area contributed by atoms with Crippen LogP contribution in [-0.2, 0) is 4.79 Å². The van der Waals surface area contributed by atoms with E-state index in [4.69, 9.17) is 0 Å². The lowest BCUT2D eigenvalue weighted by atomic mass is 10.1. The highest BCUT2D eigenvalue weighted by Crippen LogP contribution is 2.25. The zero-order valence-electron chi connectivity index (χ0n) is 13.7. The number of benzene rings is 1. The number of anilines is 2. The van der Waals surface area contributed by atoms with Crippen molar-refractivity contribution in [2.24, 2.45) is 0 Å². The minimum absolute atomic E-state index is 0.0983. The van der Waals surface area contributed by atoms with Crippen LogP contribution in [0.2, 0.25) is 0 Å². The van der Waals surface area contributed by atoms with E-state index in [2.05, 4.69) is 26.1 Å². The van der Waals surface area contributed by atoms with Crippen LogP contribution in [0, 0.1) is 13.8 Å². The minimum atomic E-state index is -0.547. The van der Waals surface area contributed by atoms with Crippen molar-refractivity contribution in [3.8, 4) is 0 Å². The van der Waals surface area contributed by atoms with E-state index in [-0.39, 0.29) is 11.7 Å². The summed E-state index contributed by atoms with van der Waals surface area (Å²) in [6, 6.07) is 5.02. The molecule has 0 unspecified atom stereocenters. The van der Waals surface area contributed by atoms with Gasteiger partial charge in [0.15, 0.2) is 4.34 Å². The number of nitrogens with zero attached hydrogens (tertiary/aromatic N) is 2. The summed E-state index contributed by atoms with van der Waals surface area (Å²) in [5, 5.41) is 16.6. The third-order valence-electron chi connectivity index (χ3n) is 3.08. The number of aromatic nitrogens is 2. The van der Waals surface area contributed by atoms with Gasteiger partial charge in [0, 0.05) is 12.2 Å². The van der Waals surface area contributed by atoms with Crippen molar-refractivity contribution < 1.29 is 9.59 Å². The molecule has 0 bridgehead atoms. The number of thioether (sulfide) groups is 1. The summed E-state index contributed by atoms with van der Waals surface area (Å²) in [5.74, 6) is -0.289. The molecule has 1 heterocycles. The fourth-order valence-electron chi connectivity index (χ4n) is 1.76. The molecule has 2 rings (SSSR count). The second-order valence-electron chi connectivity index (χ2n) is 4.99. The van der Waals surface area contributed by atoms with Crippen LogP contribution in [0.3, 0.4) is 0 Å². The SMILES string of the molecule is CCNc1nnc(SCC(=O)NC(=O)Nc2ccc(C)c(C)c2)s1. The lowest BCUT2D eigenvalue weighted by Crippen LogP contribution is -2.35. The number of hydrogen-bond donors (Lipinski definition) is 3. The zero-order chi connectivity index (χ0) is 17.5. The number of rotatable bonds is 6. The monoisotopic (exact) mass is 365 g/mol. The minimum Gasteiger partial charge on any atom is -0.360 e. The summed E-state index contributed by atoms with van der Waals surface area (Å²) in [4.78, 5) is 23.7. The molecule has 0 saturated heterocycles. The zero-order valence-corrected chi connectivity index (χ0v) is 15.3. The second kappa shape index (κ2) is 8.65. The standard InChI is InChI=1S/C15H19N5O2S2/c1-4-16-14-19-20-15(24-14)23-8-12(21)18-13(22)17-11-6-5-9(2)10(3)7-11/h5-7H,4,8H2,1-3H3,(H,16,19)(H2,17,18,21,22).